The van der Waals surface area contributed by atoms with Gasteiger partial charge in [-0.05, 0) is 49.6 Å². The zero-order chi connectivity index (χ0) is 28.1. The van der Waals surface area contributed by atoms with Gasteiger partial charge < -0.3 is 19.5 Å². The quantitative estimate of drug-likeness (QED) is 0.302. The minimum Gasteiger partial charge on any atom is -0.410 e. The average Bonchev–Trinajstić information content (AvgIpc) is 2.98. The first kappa shape index (κ1) is 27.4. The van der Waals surface area contributed by atoms with Gasteiger partial charge in [0, 0.05) is 68.5 Å². The van der Waals surface area contributed by atoms with Crippen molar-refractivity contribution in [3.8, 4) is 5.75 Å². The first-order valence-corrected chi connectivity index (χ1v) is 14.1. The maximum absolute atomic E-state index is 12.6. The van der Waals surface area contributed by atoms with Crippen molar-refractivity contribution >= 4 is 22.8 Å². The topological polar surface area (TPSA) is 79.7 Å². The minimum absolute atomic E-state index is 0.00482. The van der Waals surface area contributed by atoms with E-state index in [2.05, 4.69) is 53.3 Å². The van der Waals surface area contributed by atoms with Gasteiger partial charge in [-0.2, -0.15) is 0 Å². The number of carbonyl (C=O) groups is 1. The molecule has 0 radical (unpaired) electrons. The Balaban J connectivity index is 1.20. The number of rotatable bonds is 8. The Kier molecular flexibility index (Phi) is 8.45. The number of hydrogen-bond donors (Lipinski definition) is 1. The lowest BCUT2D eigenvalue weighted by Gasteiger charge is -2.38. The first-order chi connectivity index (χ1) is 19.5. The van der Waals surface area contributed by atoms with E-state index in [-0.39, 0.29) is 23.7 Å². The van der Waals surface area contributed by atoms with Crippen LogP contribution >= 0.6 is 0 Å². The number of nitrogens with one attached hydrogen (secondary N) is 1. The summed E-state index contributed by atoms with van der Waals surface area (Å²) in [6, 6.07) is 23.7. The molecule has 2 aromatic carbocycles. The number of amides is 1. The van der Waals surface area contributed by atoms with Crippen molar-refractivity contribution in [1.29, 1.82) is 0 Å². The molecule has 8 heteroatoms. The fourth-order valence-corrected chi connectivity index (χ4v) is 5.48. The molecular weight excluding hydrogens is 502 g/mol. The lowest BCUT2D eigenvalue weighted by molar-refractivity contribution is 0.0872. The lowest BCUT2D eigenvalue weighted by atomic mass is 9.98. The van der Waals surface area contributed by atoms with E-state index in [0.29, 0.717) is 25.4 Å². The van der Waals surface area contributed by atoms with Crippen LogP contribution in [0.1, 0.15) is 50.4 Å². The normalized spacial score (nSPS) is 15.5. The van der Waals surface area contributed by atoms with E-state index in [1.54, 1.807) is 27.7 Å². The van der Waals surface area contributed by atoms with Crippen LogP contribution in [0.4, 0.5) is 10.6 Å². The summed E-state index contributed by atoms with van der Waals surface area (Å²) in [6.45, 7) is 9.81. The van der Waals surface area contributed by atoms with Gasteiger partial charge in [0.15, 0.2) is 0 Å². The Morgan fingerprint density at radius 2 is 1.65 bits per heavy atom. The predicted molar refractivity (Wildman–Crippen MR) is 159 cm³/mol. The third kappa shape index (κ3) is 6.02. The van der Waals surface area contributed by atoms with Crippen molar-refractivity contribution < 1.29 is 9.53 Å². The largest absolute Gasteiger partial charge is 0.415 e. The zero-order valence-corrected chi connectivity index (χ0v) is 23.4. The molecule has 2 atom stereocenters. The maximum Gasteiger partial charge on any atom is 0.415 e. The Bertz CT molecular complexity index is 1500. The average molecular weight is 540 g/mol. The molecule has 1 saturated heterocycles. The van der Waals surface area contributed by atoms with Gasteiger partial charge in [0.25, 0.3) is 5.56 Å². The number of pyridine rings is 2. The van der Waals surface area contributed by atoms with Crippen molar-refractivity contribution in [2.45, 2.75) is 45.8 Å². The van der Waals surface area contributed by atoms with Crippen molar-refractivity contribution in [2.24, 2.45) is 0 Å². The molecule has 0 unspecified atom stereocenters. The Morgan fingerprint density at radius 3 is 2.33 bits per heavy atom. The number of aryl methyl sites for hydroxylation is 1. The van der Waals surface area contributed by atoms with E-state index >= 15 is 0 Å². The van der Waals surface area contributed by atoms with E-state index < -0.39 is 0 Å². The second-order valence-electron chi connectivity index (χ2n) is 10.2. The molecule has 0 bridgehead atoms. The molecule has 0 aliphatic carbocycles. The first-order valence-electron chi connectivity index (χ1n) is 14.1. The second-order valence-corrected chi connectivity index (χ2v) is 10.2. The Morgan fingerprint density at radius 1 is 0.950 bits per heavy atom. The van der Waals surface area contributed by atoms with Crippen LogP contribution in [0.25, 0.3) is 10.9 Å². The van der Waals surface area contributed by atoms with E-state index in [4.69, 9.17) is 4.74 Å². The van der Waals surface area contributed by atoms with Gasteiger partial charge >= 0.3 is 6.09 Å². The molecule has 1 amide bonds. The number of nitrogens with zero attached hydrogens (tertiary/aromatic N) is 4. The number of aromatic nitrogens is 2. The molecule has 1 aliphatic heterocycles. The lowest BCUT2D eigenvalue weighted by Crippen LogP contribution is -2.50. The molecule has 2 aromatic heterocycles. The van der Waals surface area contributed by atoms with Gasteiger partial charge in [0.1, 0.15) is 11.6 Å². The molecule has 208 valence electrons. The standard InChI is InChI=1S/C32H37N5O3/c1-4-28(35-17-19-36(20-18-35)32(39)40-27-9-7-6-8-10-27)25-13-11-24(12-14-25)23(3)34-30-21-29-26(22-33-30)15-16-31(38)37(29)5-2/h6-16,21-23,28H,4-5,17-20H2,1-3H3,(H,33,34)/t23-,28-/m0/s1. The summed E-state index contributed by atoms with van der Waals surface area (Å²) in [5, 5.41) is 4.44. The highest BCUT2D eigenvalue weighted by atomic mass is 16.6. The van der Waals surface area contributed by atoms with Gasteiger partial charge in [0.05, 0.1) is 5.52 Å². The third-order valence-electron chi connectivity index (χ3n) is 7.72. The summed E-state index contributed by atoms with van der Waals surface area (Å²) >= 11 is 0. The molecule has 0 spiro atoms. The van der Waals surface area contributed by atoms with E-state index in [9.17, 15) is 9.59 Å². The van der Waals surface area contributed by atoms with Crippen LogP contribution in [0.15, 0.2) is 83.8 Å². The summed E-state index contributed by atoms with van der Waals surface area (Å²) in [5.41, 5.74) is 3.31. The van der Waals surface area contributed by atoms with Gasteiger partial charge in [0.2, 0.25) is 0 Å². The number of para-hydroxylation sites is 1. The number of hydrogen-bond acceptors (Lipinski definition) is 6. The second kappa shape index (κ2) is 12.3. The van der Waals surface area contributed by atoms with Crippen molar-refractivity contribution in [3.63, 3.8) is 0 Å². The third-order valence-corrected chi connectivity index (χ3v) is 7.72. The molecule has 1 aliphatic rings. The molecule has 1 fully saturated rings. The number of anilines is 1. The highest BCUT2D eigenvalue weighted by Gasteiger charge is 2.27. The molecular formula is C32H37N5O3. The fraction of sp³-hybridized carbons (Fsp3) is 0.344. The molecule has 5 rings (SSSR count). The number of fused-ring (bicyclic) bond motifs is 1. The number of ether oxygens (including phenoxy) is 1. The number of benzene rings is 2. The summed E-state index contributed by atoms with van der Waals surface area (Å²) in [7, 11) is 0. The van der Waals surface area contributed by atoms with E-state index in [1.807, 2.05) is 43.5 Å². The van der Waals surface area contributed by atoms with Crippen LogP contribution < -0.4 is 15.6 Å². The SMILES string of the molecule is CC[C@@H](c1ccc([C@H](C)Nc2cc3c(ccc(=O)n3CC)cn2)cc1)N1CCN(C(=O)Oc2ccccc2)CC1. The van der Waals surface area contributed by atoms with Crippen LogP contribution in [0.3, 0.4) is 0 Å². The summed E-state index contributed by atoms with van der Waals surface area (Å²) < 4.78 is 7.28. The Hall–Kier alpha value is -4.17. The van der Waals surface area contributed by atoms with Gasteiger partial charge in [-0.15, -0.1) is 0 Å². The molecule has 8 nitrogen and oxygen atoms in total. The highest BCUT2D eigenvalue weighted by Crippen LogP contribution is 2.28. The summed E-state index contributed by atoms with van der Waals surface area (Å²) in [4.78, 5) is 33.6. The molecule has 4 aromatic rings. The van der Waals surface area contributed by atoms with Gasteiger partial charge in [-0.1, -0.05) is 49.4 Å². The van der Waals surface area contributed by atoms with Crippen LogP contribution in [-0.2, 0) is 6.54 Å². The number of piperazine rings is 1. The minimum atomic E-state index is -0.288. The van der Waals surface area contributed by atoms with Crippen molar-refractivity contribution in [2.75, 3.05) is 31.5 Å². The number of carbonyl (C=O) groups excluding carboxylic acids is 1. The molecule has 0 saturated carbocycles. The Labute approximate surface area is 235 Å². The zero-order valence-electron chi connectivity index (χ0n) is 23.4. The van der Waals surface area contributed by atoms with Crippen molar-refractivity contribution in [3.05, 3.63) is 100 Å². The van der Waals surface area contributed by atoms with Crippen LogP contribution in [0, 0.1) is 0 Å². The highest BCUT2D eigenvalue weighted by molar-refractivity contribution is 5.80. The molecule has 40 heavy (non-hydrogen) atoms. The smallest absolute Gasteiger partial charge is 0.410 e. The van der Waals surface area contributed by atoms with Crippen LogP contribution in [-0.4, -0.2) is 51.6 Å². The van der Waals surface area contributed by atoms with Gasteiger partial charge in [-0.25, -0.2) is 9.78 Å². The fourth-order valence-electron chi connectivity index (χ4n) is 5.48. The van der Waals surface area contributed by atoms with Gasteiger partial charge in [-0.3, -0.25) is 9.69 Å². The predicted octanol–water partition coefficient (Wildman–Crippen LogP) is 5.86. The summed E-state index contributed by atoms with van der Waals surface area (Å²) in [6.07, 6.45) is 2.51. The maximum atomic E-state index is 12.6. The molecule has 1 N–H and O–H groups in total. The van der Waals surface area contributed by atoms with Crippen LogP contribution in [0.5, 0.6) is 5.75 Å². The van der Waals surface area contributed by atoms with E-state index in [0.717, 1.165) is 41.8 Å². The molecule has 3 heterocycles. The summed E-state index contributed by atoms with van der Waals surface area (Å²) in [5.74, 6) is 1.31. The van der Waals surface area contributed by atoms with E-state index in [1.165, 1.54) is 5.56 Å². The van der Waals surface area contributed by atoms with Crippen molar-refractivity contribution in [1.82, 2.24) is 19.4 Å². The van der Waals surface area contributed by atoms with Crippen LogP contribution in [0.2, 0.25) is 0 Å². The monoisotopic (exact) mass is 539 g/mol.